The Labute approximate surface area is 73.9 Å². The summed E-state index contributed by atoms with van der Waals surface area (Å²) in [5.74, 6) is 0.441. The van der Waals surface area contributed by atoms with Crippen molar-refractivity contribution < 1.29 is 5.11 Å². The van der Waals surface area contributed by atoms with E-state index < -0.39 is 0 Å². The molecule has 0 rings (SSSR count). The fourth-order valence-electron chi connectivity index (χ4n) is 0.694. The second-order valence-electron chi connectivity index (χ2n) is 3.72. The Kier molecular flexibility index (Phi) is 4.66. The molecule has 12 heavy (non-hydrogen) atoms. The highest BCUT2D eigenvalue weighted by molar-refractivity contribution is 5.78. The standard InChI is InChI=1S/C8H19N3O/c1-8(2,3)11-7(9)10-5-4-6-12/h12H,4-6H2,1-3H3,(H3,9,10,11). The lowest BCUT2D eigenvalue weighted by atomic mass is 10.1. The zero-order valence-corrected chi connectivity index (χ0v) is 8.09. The molecule has 0 bridgehead atoms. The molecule has 72 valence electrons. The molecule has 0 spiro atoms. The molecule has 0 aliphatic rings. The number of nitrogens with one attached hydrogen (secondary N) is 1. The van der Waals surface area contributed by atoms with Crippen LogP contribution in [-0.4, -0.2) is 29.8 Å². The van der Waals surface area contributed by atoms with Gasteiger partial charge in [0.2, 0.25) is 0 Å². The predicted molar refractivity (Wildman–Crippen MR) is 51.1 cm³/mol. The molecule has 0 fully saturated rings. The normalized spacial score (nSPS) is 13.2. The van der Waals surface area contributed by atoms with Gasteiger partial charge in [-0.05, 0) is 27.2 Å². The Morgan fingerprint density at radius 2 is 2.08 bits per heavy atom. The van der Waals surface area contributed by atoms with Crippen LogP contribution in [0.3, 0.4) is 0 Å². The summed E-state index contributed by atoms with van der Waals surface area (Å²) in [6.07, 6.45) is 0.659. The molecule has 0 aliphatic carbocycles. The van der Waals surface area contributed by atoms with Crippen LogP contribution in [0.1, 0.15) is 27.2 Å². The predicted octanol–water partition coefficient (Wildman–Crippen LogP) is 0.0716. The Bertz CT molecular complexity index is 149. The van der Waals surface area contributed by atoms with Crippen molar-refractivity contribution in [3.05, 3.63) is 0 Å². The Morgan fingerprint density at radius 3 is 2.50 bits per heavy atom. The minimum atomic E-state index is -0.0488. The quantitative estimate of drug-likeness (QED) is 0.321. The third-order valence-electron chi connectivity index (χ3n) is 1.10. The largest absolute Gasteiger partial charge is 0.396 e. The Hall–Kier alpha value is -0.770. The fourth-order valence-corrected chi connectivity index (χ4v) is 0.694. The molecule has 0 radical (unpaired) electrons. The smallest absolute Gasteiger partial charge is 0.188 e. The van der Waals surface area contributed by atoms with Gasteiger partial charge >= 0.3 is 0 Å². The van der Waals surface area contributed by atoms with Crippen LogP contribution in [-0.2, 0) is 0 Å². The first-order valence-electron chi connectivity index (χ1n) is 4.14. The van der Waals surface area contributed by atoms with Crippen molar-refractivity contribution in [3.63, 3.8) is 0 Å². The van der Waals surface area contributed by atoms with Crippen LogP contribution in [0.5, 0.6) is 0 Å². The molecule has 0 aliphatic heterocycles. The van der Waals surface area contributed by atoms with Crippen LogP contribution in [0, 0.1) is 0 Å². The van der Waals surface area contributed by atoms with E-state index in [-0.39, 0.29) is 12.1 Å². The van der Waals surface area contributed by atoms with Gasteiger partial charge in [0.1, 0.15) is 0 Å². The van der Waals surface area contributed by atoms with Crippen molar-refractivity contribution in [2.75, 3.05) is 13.2 Å². The molecule has 0 amide bonds. The Morgan fingerprint density at radius 1 is 1.50 bits per heavy atom. The number of rotatable bonds is 3. The van der Waals surface area contributed by atoms with Crippen molar-refractivity contribution in [2.45, 2.75) is 32.7 Å². The van der Waals surface area contributed by atoms with E-state index in [1.165, 1.54) is 0 Å². The maximum atomic E-state index is 8.48. The number of hydrogen-bond donors (Lipinski definition) is 3. The van der Waals surface area contributed by atoms with Crippen molar-refractivity contribution in [2.24, 2.45) is 10.7 Å². The second kappa shape index (κ2) is 4.98. The van der Waals surface area contributed by atoms with E-state index in [0.29, 0.717) is 18.9 Å². The topological polar surface area (TPSA) is 70.6 Å². The summed E-state index contributed by atoms with van der Waals surface area (Å²) < 4.78 is 0. The van der Waals surface area contributed by atoms with Crippen LogP contribution >= 0.6 is 0 Å². The summed E-state index contributed by atoms with van der Waals surface area (Å²) in [5, 5.41) is 11.5. The number of nitrogens with two attached hydrogens (primary N) is 1. The average Bonchev–Trinajstić information content (AvgIpc) is 1.84. The molecular weight excluding hydrogens is 154 g/mol. The van der Waals surface area contributed by atoms with Gasteiger partial charge in [0, 0.05) is 18.7 Å². The monoisotopic (exact) mass is 173 g/mol. The number of aliphatic hydroxyl groups is 1. The summed E-state index contributed by atoms with van der Waals surface area (Å²) in [6.45, 7) is 6.78. The molecule has 0 saturated carbocycles. The first kappa shape index (κ1) is 11.2. The number of aliphatic hydroxyl groups excluding tert-OH is 1. The van der Waals surface area contributed by atoms with E-state index in [0.717, 1.165) is 0 Å². The average molecular weight is 173 g/mol. The number of aliphatic imine (C=N–C) groups is 1. The summed E-state index contributed by atoms with van der Waals surface area (Å²) in [4.78, 5) is 4.02. The highest BCUT2D eigenvalue weighted by atomic mass is 16.3. The van der Waals surface area contributed by atoms with E-state index in [1.807, 2.05) is 20.8 Å². The number of guanidine groups is 1. The van der Waals surface area contributed by atoms with Gasteiger partial charge in [-0.25, -0.2) is 0 Å². The fraction of sp³-hybridized carbons (Fsp3) is 0.875. The maximum Gasteiger partial charge on any atom is 0.188 e. The third kappa shape index (κ3) is 7.34. The molecule has 0 unspecified atom stereocenters. The van der Waals surface area contributed by atoms with Gasteiger partial charge in [-0.3, -0.25) is 4.99 Å². The highest BCUT2D eigenvalue weighted by Gasteiger charge is 2.08. The second-order valence-corrected chi connectivity index (χ2v) is 3.72. The van der Waals surface area contributed by atoms with Crippen molar-refractivity contribution in [1.29, 1.82) is 0 Å². The van der Waals surface area contributed by atoms with E-state index in [1.54, 1.807) is 0 Å². The van der Waals surface area contributed by atoms with Crippen LogP contribution in [0.2, 0.25) is 0 Å². The molecule has 0 saturated heterocycles. The zero-order valence-electron chi connectivity index (χ0n) is 8.09. The minimum Gasteiger partial charge on any atom is -0.396 e. The summed E-state index contributed by atoms with van der Waals surface area (Å²) in [6, 6.07) is 0. The summed E-state index contributed by atoms with van der Waals surface area (Å²) >= 11 is 0. The van der Waals surface area contributed by atoms with Gasteiger partial charge in [-0.15, -0.1) is 0 Å². The number of hydrogen-bond acceptors (Lipinski definition) is 2. The zero-order chi connectivity index (χ0) is 9.61. The lowest BCUT2D eigenvalue weighted by Gasteiger charge is -2.20. The van der Waals surface area contributed by atoms with Gasteiger partial charge in [0.25, 0.3) is 0 Å². The molecule has 0 heterocycles. The molecule has 0 aromatic heterocycles. The molecule has 0 atom stereocenters. The SMILES string of the molecule is CC(C)(C)NC(N)=NCCCO. The molecule has 4 N–H and O–H groups in total. The van der Waals surface area contributed by atoms with Crippen molar-refractivity contribution in [1.82, 2.24) is 5.32 Å². The molecule has 4 nitrogen and oxygen atoms in total. The lowest BCUT2D eigenvalue weighted by molar-refractivity contribution is 0.291. The molecular formula is C8H19N3O. The van der Waals surface area contributed by atoms with Gasteiger partial charge in [0.15, 0.2) is 5.96 Å². The van der Waals surface area contributed by atoms with Crippen molar-refractivity contribution in [3.8, 4) is 0 Å². The molecule has 0 aromatic carbocycles. The van der Waals surface area contributed by atoms with E-state index in [9.17, 15) is 0 Å². The highest BCUT2D eigenvalue weighted by Crippen LogP contribution is 1.96. The van der Waals surface area contributed by atoms with Gasteiger partial charge in [0.05, 0.1) is 0 Å². The van der Waals surface area contributed by atoms with E-state index >= 15 is 0 Å². The van der Waals surface area contributed by atoms with Crippen LogP contribution in [0.25, 0.3) is 0 Å². The first-order valence-corrected chi connectivity index (χ1v) is 4.14. The minimum absolute atomic E-state index is 0.0488. The lowest BCUT2D eigenvalue weighted by Crippen LogP contribution is -2.45. The van der Waals surface area contributed by atoms with Gasteiger partial charge in [-0.1, -0.05) is 0 Å². The van der Waals surface area contributed by atoms with E-state index in [2.05, 4.69) is 10.3 Å². The summed E-state index contributed by atoms with van der Waals surface area (Å²) in [5.41, 5.74) is 5.51. The number of nitrogens with zero attached hydrogens (tertiary/aromatic N) is 1. The van der Waals surface area contributed by atoms with Crippen LogP contribution < -0.4 is 11.1 Å². The maximum absolute atomic E-state index is 8.48. The summed E-state index contributed by atoms with van der Waals surface area (Å²) in [7, 11) is 0. The Balaban J connectivity index is 3.70. The third-order valence-corrected chi connectivity index (χ3v) is 1.10. The van der Waals surface area contributed by atoms with E-state index in [4.69, 9.17) is 10.8 Å². The van der Waals surface area contributed by atoms with Gasteiger partial charge < -0.3 is 16.2 Å². The van der Waals surface area contributed by atoms with Crippen molar-refractivity contribution >= 4 is 5.96 Å². The first-order chi connectivity index (χ1) is 5.45. The molecule has 0 aromatic rings. The van der Waals surface area contributed by atoms with Crippen LogP contribution in [0.15, 0.2) is 4.99 Å². The van der Waals surface area contributed by atoms with Crippen LogP contribution in [0.4, 0.5) is 0 Å². The molecule has 4 heteroatoms. The van der Waals surface area contributed by atoms with Gasteiger partial charge in [-0.2, -0.15) is 0 Å².